The van der Waals surface area contributed by atoms with E-state index in [2.05, 4.69) is 10.3 Å². The Morgan fingerprint density at radius 2 is 2.29 bits per heavy atom. The van der Waals surface area contributed by atoms with Gasteiger partial charge < -0.3 is 9.73 Å². The van der Waals surface area contributed by atoms with Crippen LogP contribution in [0.3, 0.4) is 0 Å². The molecule has 0 unspecified atom stereocenters. The van der Waals surface area contributed by atoms with Crippen molar-refractivity contribution in [3.63, 3.8) is 0 Å². The molecule has 0 aliphatic rings. The van der Waals surface area contributed by atoms with E-state index >= 15 is 0 Å². The van der Waals surface area contributed by atoms with Gasteiger partial charge in [0, 0.05) is 6.54 Å². The molecule has 0 saturated heterocycles. The standard InChI is InChI=1S/C12H12ClFN2O/c1-2-15-6-10-12(17-7-16-10)8-4-3-5-9(13)11(8)14/h3-5,7,15H,2,6H2,1H3. The summed E-state index contributed by atoms with van der Waals surface area (Å²) in [6.45, 7) is 3.33. The van der Waals surface area contributed by atoms with Gasteiger partial charge in [0.25, 0.3) is 0 Å². The minimum Gasteiger partial charge on any atom is -0.443 e. The van der Waals surface area contributed by atoms with Crippen LogP contribution in [0.25, 0.3) is 11.3 Å². The normalized spacial score (nSPS) is 10.8. The van der Waals surface area contributed by atoms with Crippen LogP contribution in [0.15, 0.2) is 29.0 Å². The van der Waals surface area contributed by atoms with Gasteiger partial charge in [0.2, 0.25) is 0 Å². The molecule has 1 aromatic carbocycles. The number of oxazole rings is 1. The SMILES string of the molecule is CCNCc1ncoc1-c1cccc(Cl)c1F. The van der Waals surface area contributed by atoms with Crippen molar-refractivity contribution in [2.45, 2.75) is 13.5 Å². The molecule has 90 valence electrons. The van der Waals surface area contributed by atoms with Crippen LogP contribution >= 0.6 is 11.6 Å². The van der Waals surface area contributed by atoms with Crippen molar-refractivity contribution < 1.29 is 8.81 Å². The van der Waals surface area contributed by atoms with Crippen LogP contribution < -0.4 is 5.32 Å². The maximum absolute atomic E-state index is 13.8. The minimum atomic E-state index is -0.483. The summed E-state index contributed by atoms with van der Waals surface area (Å²) < 4.78 is 19.1. The second-order valence-corrected chi connectivity index (χ2v) is 3.92. The molecule has 0 fully saturated rings. The van der Waals surface area contributed by atoms with E-state index in [9.17, 15) is 4.39 Å². The van der Waals surface area contributed by atoms with Crippen LogP contribution in [-0.2, 0) is 6.54 Å². The van der Waals surface area contributed by atoms with E-state index in [1.165, 1.54) is 12.5 Å². The van der Waals surface area contributed by atoms with Crippen molar-refractivity contribution in [2.75, 3.05) is 6.54 Å². The third-order valence-corrected chi connectivity index (χ3v) is 2.67. The summed E-state index contributed by atoms with van der Waals surface area (Å²) in [5.74, 6) is -0.0605. The maximum Gasteiger partial charge on any atom is 0.181 e. The lowest BCUT2D eigenvalue weighted by Crippen LogP contribution is -2.12. The molecule has 0 aliphatic carbocycles. The van der Waals surface area contributed by atoms with Crippen LogP contribution in [0, 0.1) is 5.82 Å². The number of rotatable bonds is 4. The Bertz CT molecular complexity index is 513. The molecule has 1 N–H and O–H groups in total. The van der Waals surface area contributed by atoms with Gasteiger partial charge >= 0.3 is 0 Å². The first kappa shape index (κ1) is 12.1. The van der Waals surface area contributed by atoms with Crippen molar-refractivity contribution in [2.24, 2.45) is 0 Å². The Hall–Kier alpha value is -1.39. The molecule has 17 heavy (non-hydrogen) atoms. The third kappa shape index (κ3) is 2.48. The van der Waals surface area contributed by atoms with Gasteiger partial charge in [-0.2, -0.15) is 0 Å². The highest BCUT2D eigenvalue weighted by Gasteiger charge is 2.16. The van der Waals surface area contributed by atoms with E-state index < -0.39 is 5.82 Å². The molecule has 0 bridgehead atoms. The molecule has 0 amide bonds. The summed E-state index contributed by atoms with van der Waals surface area (Å²) in [7, 11) is 0. The van der Waals surface area contributed by atoms with Crippen molar-refractivity contribution in [1.29, 1.82) is 0 Å². The molecule has 5 heteroatoms. The van der Waals surface area contributed by atoms with Crippen LogP contribution in [0.2, 0.25) is 5.02 Å². The zero-order valence-electron chi connectivity index (χ0n) is 9.34. The average Bonchev–Trinajstić information content (AvgIpc) is 2.78. The number of hydrogen-bond donors (Lipinski definition) is 1. The van der Waals surface area contributed by atoms with E-state index in [1.807, 2.05) is 6.92 Å². The fourth-order valence-corrected chi connectivity index (χ4v) is 1.71. The summed E-state index contributed by atoms with van der Waals surface area (Å²) in [4.78, 5) is 4.06. The van der Waals surface area contributed by atoms with Gasteiger partial charge in [-0.3, -0.25) is 0 Å². The van der Waals surface area contributed by atoms with Crippen molar-refractivity contribution >= 4 is 11.6 Å². The van der Waals surface area contributed by atoms with Gasteiger partial charge in [0.05, 0.1) is 10.6 Å². The Kier molecular flexibility index (Phi) is 3.76. The molecule has 0 radical (unpaired) electrons. The monoisotopic (exact) mass is 254 g/mol. The number of hydrogen-bond acceptors (Lipinski definition) is 3. The summed E-state index contributed by atoms with van der Waals surface area (Å²) in [6.07, 6.45) is 1.31. The van der Waals surface area contributed by atoms with Gasteiger partial charge in [-0.1, -0.05) is 24.6 Å². The topological polar surface area (TPSA) is 38.1 Å². The Morgan fingerprint density at radius 3 is 3.06 bits per heavy atom. The zero-order valence-corrected chi connectivity index (χ0v) is 10.1. The Balaban J connectivity index is 2.39. The number of benzene rings is 1. The third-order valence-electron chi connectivity index (χ3n) is 2.38. The van der Waals surface area contributed by atoms with Crippen LogP contribution in [0.1, 0.15) is 12.6 Å². The molecule has 1 heterocycles. The lowest BCUT2D eigenvalue weighted by Gasteiger charge is -2.04. The lowest BCUT2D eigenvalue weighted by molar-refractivity contribution is 0.559. The van der Waals surface area contributed by atoms with E-state index in [1.54, 1.807) is 12.1 Å². The number of nitrogens with zero attached hydrogens (tertiary/aromatic N) is 1. The van der Waals surface area contributed by atoms with E-state index in [0.29, 0.717) is 23.6 Å². The second-order valence-electron chi connectivity index (χ2n) is 3.51. The number of halogens is 2. The van der Waals surface area contributed by atoms with Gasteiger partial charge in [0.15, 0.2) is 18.0 Å². The van der Waals surface area contributed by atoms with Gasteiger partial charge in [-0.15, -0.1) is 0 Å². The molecular formula is C12H12ClFN2O. The molecule has 2 aromatic rings. The van der Waals surface area contributed by atoms with Gasteiger partial charge in [-0.25, -0.2) is 9.37 Å². The van der Waals surface area contributed by atoms with Gasteiger partial charge in [-0.05, 0) is 18.7 Å². The van der Waals surface area contributed by atoms with Crippen molar-refractivity contribution in [3.05, 3.63) is 41.1 Å². The van der Waals surface area contributed by atoms with Crippen LogP contribution in [0.4, 0.5) is 4.39 Å². The van der Waals surface area contributed by atoms with E-state index in [0.717, 1.165) is 6.54 Å². The average molecular weight is 255 g/mol. The maximum atomic E-state index is 13.8. The molecule has 0 spiro atoms. The summed E-state index contributed by atoms with van der Waals surface area (Å²) >= 11 is 5.73. The molecule has 0 atom stereocenters. The van der Waals surface area contributed by atoms with Crippen LogP contribution in [0.5, 0.6) is 0 Å². The summed E-state index contributed by atoms with van der Waals surface area (Å²) in [5.41, 5.74) is 1.01. The van der Waals surface area contributed by atoms with Crippen molar-refractivity contribution in [3.8, 4) is 11.3 Å². The molecule has 2 rings (SSSR count). The Morgan fingerprint density at radius 1 is 1.47 bits per heavy atom. The largest absolute Gasteiger partial charge is 0.443 e. The number of nitrogens with one attached hydrogen (secondary N) is 1. The highest BCUT2D eigenvalue weighted by Crippen LogP contribution is 2.29. The number of aromatic nitrogens is 1. The highest BCUT2D eigenvalue weighted by atomic mass is 35.5. The minimum absolute atomic E-state index is 0.0771. The highest BCUT2D eigenvalue weighted by molar-refractivity contribution is 6.31. The zero-order chi connectivity index (χ0) is 12.3. The fraction of sp³-hybridized carbons (Fsp3) is 0.250. The van der Waals surface area contributed by atoms with E-state index in [-0.39, 0.29) is 5.02 Å². The first-order chi connectivity index (χ1) is 8.24. The van der Waals surface area contributed by atoms with Gasteiger partial charge in [0.1, 0.15) is 5.69 Å². The Labute approximate surface area is 104 Å². The molecule has 0 aliphatic heterocycles. The summed E-state index contributed by atoms with van der Waals surface area (Å²) in [6, 6.07) is 4.80. The predicted octanol–water partition coefficient (Wildman–Crippen LogP) is 3.24. The fourth-order valence-electron chi connectivity index (χ4n) is 1.54. The first-order valence-corrected chi connectivity index (χ1v) is 5.69. The predicted molar refractivity (Wildman–Crippen MR) is 64.3 cm³/mol. The second kappa shape index (κ2) is 5.29. The van der Waals surface area contributed by atoms with E-state index in [4.69, 9.17) is 16.0 Å². The molecular weight excluding hydrogens is 243 g/mol. The smallest absolute Gasteiger partial charge is 0.181 e. The quantitative estimate of drug-likeness (QED) is 0.910. The molecule has 3 nitrogen and oxygen atoms in total. The lowest BCUT2D eigenvalue weighted by atomic mass is 10.1. The first-order valence-electron chi connectivity index (χ1n) is 5.31. The molecule has 0 saturated carbocycles. The summed E-state index contributed by atoms with van der Waals surface area (Å²) in [5, 5.41) is 3.19. The molecule has 1 aromatic heterocycles. The van der Waals surface area contributed by atoms with Crippen molar-refractivity contribution in [1.82, 2.24) is 10.3 Å². The van der Waals surface area contributed by atoms with Crippen LogP contribution in [-0.4, -0.2) is 11.5 Å².